The SMILES string of the molecule is CCNC(=O)c1nn(CC2CC2)c2c1CN(Cc1nccs1)CC2. The number of carbonyl (C=O) groups is 1. The van der Waals surface area contributed by atoms with Crippen molar-refractivity contribution in [3.8, 4) is 0 Å². The van der Waals surface area contributed by atoms with Gasteiger partial charge in [0.15, 0.2) is 5.69 Å². The molecule has 1 amide bonds. The van der Waals surface area contributed by atoms with Crippen LogP contribution in [0, 0.1) is 5.92 Å². The molecule has 0 saturated heterocycles. The molecule has 2 aromatic heterocycles. The van der Waals surface area contributed by atoms with Gasteiger partial charge in [-0.25, -0.2) is 4.98 Å². The largest absolute Gasteiger partial charge is 0.351 e. The number of rotatable bonds is 6. The molecule has 6 nitrogen and oxygen atoms in total. The zero-order valence-electron chi connectivity index (χ0n) is 14.0. The van der Waals surface area contributed by atoms with Gasteiger partial charge in [-0.1, -0.05) is 0 Å². The Kier molecular flexibility index (Phi) is 4.37. The van der Waals surface area contributed by atoms with Crippen LogP contribution in [0.25, 0.3) is 0 Å². The molecule has 1 fully saturated rings. The summed E-state index contributed by atoms with van der Waals surface area (Å²) in [7, 11) is 0. The molecule has 2 aliphatic rings. The Balaban J connectivity index is 1.58. The molecule has 0 aromatic carbocycles. The molecule has 3 heterocycles. The fourth-order valence-corrected chi connectivity index (χ4v) is 3.98. The number of nitrogens with one attached hydrogen (secondary N) is 1. The van der Waals surface area contributed by atoms with Crippen molar-refractivity contribution in [1.29, 1.82) is 0 Å². The van der Waals surface area contributed by atoms with E-state index in [1.54, 1.807) is 11.3 Å². The van der Waals surface area contributed by atoms with E-state index in [9.17, 15) is 4.79 Å². The van der Waals surface area contributed by atoms with Crippen LogP contribution in [0.3, 0.4) is 0 Å². The zero-order valence-corrected chi connectivity index (χ0v) is 14.8. The molecule has 0 spiro atoms. The number of hydrogen-bond donors (Lipinski definition) is 1. The highest BCUT2D eigenvalue weighted by molar-refractivity contribution is 7.09. The smallest absolute Gasteiger partial charge is 0.272 e. The van der Waals surface area contributed by atoms with Crippen molar-refractivity contribution in [2.45, 2.75) is 45.8 Å². The third-order valence-corrected chi connectivity index (χ3v) is 5.50. The van der Waals surface area contributed by atoms with E-state index in [2.05, 4.69) is 25.0 Å². The van der Waals surface area contributed by atoms with Gasteiger partial charge in [-0.3, -0.25) is 14.4 Å². The number of amides is 1. The molecule has 1 aliphatic carbocycles. The minimum absolute atomic E-state index is 0.0422. The summed E-state index contributed by atoms with van der Waals surface area (Å²) in [6.07, 6.45) is 5.39. The number of nitrogens with zero attached hydrogens (tertiary/aromatic N) is 4. The van der Waals surface area contributed by atoms with E-state index < -0.39 is 0 Å². The fraction of sp³-hybridized carbons (Fsp3) is 0.588. The van der Waals surface area contributed by atoms with Crippen LogP contribution in [0.2, 0.25) is 0 Å². The van der Waals surface area contributed by atoms with Crippen LogP contribution < -0.4 is 5.32 Å². The zero-order chi connectivity index (χ0) is 16.5. The van der Waals surface area contributed by atoms with Crippen molar-refractivity contribution in [1.82, 2.24) is 25.0 Å². The van der Waals surface area contributed by atoms with Gasteiger partial charge in [0, 0.05) is 55.4 Å². The van der Waals surface area contributed by atoms with Crippen LogP contribution in [-0.2, 0) is 26.1 Å². The van der Waals surface area contributed by atoms with Gasteiger partial charge in [-0.2, -0.15) is 5.10 Å². The topological polar surface area (TPSA) is 63.1 Å². The Labute approximate surface area is 145 Å². The van der Waals surface area contributed by atoms with Crippen molar-refractivity contribution in [2.24, 2.45) is 5.92 Å². The maximum absolute atomic E-state index is 12.4. The molecule has 0 unspecified atom stereocenters. The highest BCUT2D eigenvalue weighted by atomic mass is 32.1. The minimum Gasteiger partial charge on any atom is -0.351 e. The van der Waals surface area contributed by atoms with E-state index in [1.165, 1.54) is 18.5 Å². The average Bonchev–Trinajstić information content (AvgIpc) is 3.11. The predicted molar refractivity (Wildman–Crippen MR) is 92.9 cm³/mol. The van der Waals surface area contributed by atoms with Crippen LogP contribution in [0.1, 0.15) is 46.5 Å². The van der Waals surface area contributed by atoms with Gasteiger partial charge in [0.2, 0.25) is 0 Å². The Bertz CT molecular complexity index is 720. The molecule has 4 rings (SSSR count). The van der Waals surface area contributed by atoms with E-state index in [4.69, 9.17) is 0 Å². The summed E-state index contributed by atoms with van der Waals surface area (Å²) in [6.45, 7) is 6.17. The monoisotopic (exact) mass is 345 g/mol. The summed E-state index contributed by atoms with van der Waals surface area (Å²) < 4.78 is 2.11. The first kappa shape index (κ1) is 15.8. The predicted octanol–water partition coefficient (Wildman–Crippen LogP) is 2.06. The van der Waals surface area contributed by atoms with Crippen molar-refractivity contribution in [3.63, 3.8) is 0 Å². The lowest BCUT2D eigenvalue weighted by molar-refractivity contribution is 0.0947. The van der Waals surface area contributed by atoms with E-state index in [0.717, 1.165) is 49.1 Å². The lowest BCUT2D eigenvalue weighted by Gasteiger charge is -2.26. The summed E-state index contributed by atoms with van der Waals surface area (Å²) in [5.74, 6) is 0.712. The highest BCUT2D eigenvalue weighted by Crippen LogP contribution is 2.32. The van der Waals surface area contributed by atoms with E-state index >= 15 is 0 Å². The Morgan fingerprint density at radius 3 is 3.04 bits per heavy atom. The third kappa shape index (κ3) is 3.23. The Morgan fingerprint density at radius 1 is 1.46 bits per heavy atom. The van der Waals surface area contributed by atoms with Gasteiger partial charge in [0.05, 0.1) is 6.54 Å². The van der Waals surface area contributed by atoms with Crippen molar-refractivity contribution >= 4 is 17.2 Å². The van der Waals surface area contributed by atoms with Gasteiger partial charge in [0.25, 0.3) is 5.91 Å². The number of fused-ring (bicyclic) bond motifs is 1. The molecule has 2 aromatic rings. The molecule has 1 aliphatic heterocycles. The fourth-order valence-electron chi connectivity index (χ4n) is 3.33. The second-order valence-electron chi connectivity index (χ2n) is 6.65. The average molecular weight is 345 g/mol. The van der Waals surface area contributed by atoms with Crippen molar-refractivity contribution in [2.75, 3.05) is 13.1 Å². The standard InChI is InChI=1S/C17H23N5OS/c1-2-18-17(23)16-13-10-21(11-15-19-6-8-24-15)7-5-14(13)22(20-16)9-12-3-4-12/h6,8,12H,2-5,7,9-11H2,1H3,(H,18,23). The maximum atomic E-state index is 12.4. The van der Waals surface area contributed by atoms with Gasteiger partial charge < -0.3 is 5.32 Å². The first-order chi connectivity index (χ1) is 11.7. The molecular weight excluding hydrogens is 322 g/mol. The maximum Gasteiger partial charge on any atom is 0.272 e. The second-order valence-corrected chi connectivity index (χ2v) is 7.62. The minimum atomic E-state index is -0.0422. The summed E-state index contributed by atoms with van der Waals surface area (Å²) in [5.41, 5.74) is 3.00. The Hall–Kier alpha value is -1.73. The van der Waals surface area contributed by atoms with Crippen LogP contribution in [0.4, 0.5) is 0 Å². The van der Waals surface area contributed by atoms with E-state index in [0.29, 0.717) is 12.2 Å². The number of thiazole rings is 1. The van der Waals surface area contributed by atoms with E-state index in [-0.39, 0.29) is 5.91 Å². The van der Waals surface area contributed by atoms with Crippen LogP contribution in [0.15, 0.2) is 11.6 Å². The lowest BCUT2D eigenvalue weighted by Crippen LogP contribution is -2.32. The van der Waals surface area contributed by atoms with Gasteiger partial charge in [-0.15, -0.1) is 11.3 Å². The number of hydrogen-bond acceptors (Lipinski definition) is 5. The van der Waals surface area contributed by atoms with Crippen LogP contribution >= 0.6 is 11.3 Å². The quantitative estimate of drug-likeness (QED) is 0.870. The molecule has 1 N–H and O–H groups in total. The molecule has 128 valence electrons. The summed E-state index contributed by atoms with van der Waals surface area (Å²) in [6, 6.07) is 0. The van der Waals surface area contributed by atoms with Crippen LogP contribution in [-0.4, -0.2) is 38.7 Å². The highest BCUT2D eigenvalue weighted by Gasteiger charge is 2.30. The Morgan fingerprint density at radius 2 is 2.33 bits per heavy atom. The number of carbonyl (C=O) groups excluding carboxylic acids is 1. The second kappa shape index (κ2) is 6.64. The molecule has 1 saturated carbocycles. The normalized spacial score (nSPS) is 17.7. The lowest BCUT2D eigenvalue weighted by atomic mass is 10.0. The van der Waals surface area contributed by atoms with Crippen LogP contribution in [0.5, 0.6) is 0 Å². The van der Waals surface area contributed by atoms with Gasteiger partial charge in [-0.05, 0) is 25.7 Å². The summed E-state index contributed by atoms with van der Waals surface area (Å²) in [5, 5.41) is 10.7. The molecular formula is C17H23N5OS. The van der Waals surface area contributed by atoms with Gasteiger partial charge >= 0.3 is 0 Å². The molecule has 0 bridgehead atoms. The van der Waals surface area contributed by atoms with E-state index in [1.807, 2.05) is 18.5 Å². The summed E-state index contributed by atoms with van der Waals surface area (Å²) >= 11 is 1.69. The van der Waals surface area contributed by atoms with Crippen molar-refractivity contribution in [3.05, 3.63) is 33.5 Å². The molecule has 7 heteroatoms. The third-order valence-electron chi connectivity index (χ3n) is 4.74. The number of aromatic nitrogens is 3. The molecule has 24 heavy (non-hydrogen) atoms. The first-order valence-electron chi connectivity index (χ1n) is 8.72. The van der Waals surface area contributed by atoms with Crippen molar-refractivity contribution < 1.29 is 4.79 Å². The van der Waals surface area contributed by atoms with Gasteiger partial charge in [0.1, 0.15) is 5.01 Å². The molecule has 0 radical (unpaired) electrons. The first-order valence-corrected chi connectivity index (χ1v) is 9.60. The summed E-state index contributed by atoms with van der Waals surface area (Å²) in [4.78, 5) is 19.2. The molecule has 0 atom stereocenters.